The maximum atomic E-state index is 14.8. The van der Waals surface area contributed by atoms with Gasteiger partial charge in [0.2, 0.25) is 23.6 Å². The lowest BCUT2D eigenvalue weighted by Crippen LogP contribution is -2.56. The van der Waals surface area contributed by atoms with Crippen molar-refractivity contribution in [3.05, 3.63) is 94.7 Å². The van der Waals surface area contributed by atoms with Crippen LogP contribution in [0, 0.1) is 11.3 Å². The predicted molar refractivity (Wildman–Crippen MR) is 255 cm³/mol. The van der Waals surface area contributed by atoms with Crippen molar-refractivity contribution in [1.29, 1.82) is 5.26 Å². The number of amides is 5. The minimum atomic E-state index is -1.42. The molecule has 2 heterocycles. The highest BCUT2D eigenvalue weighted by molar-refractivity contribution is 6.03. The summed E-state index contributed by atoms with van der Waals surface area (Å²) in [5, 5.41) is 19.9. The summed E-state index contributed by atoms with van der Waals surface area (Å²) in [5.41, 5.74) is 29.4. The van der Waals surface area contributed by atoms with Crippen LogP contribution in [0.15, 0.2) is 66.7 Å². The van der Waals surface area contributed by atoms with E-state index in [4.69, 9.17) is 37.4 Å². The van der Waals surface area contributed by atoms with Crippen molar-refractivity contribution >= 4 is 35.2 Å². The van der Waals surface area contributed by atoms with Gasteiger partial charge in [-0.05, 0) is 78.7 Å². The topological polar surface area (TPSA) is 296 Å². The standard InChI is InChI=1S/C49H63N11O7/c1-7-36-42(35(54)27-38(57-36)30-9-12-32(13-10-30)49(3,4)5)46(63)58-37(16-17-50)48(65)60(6)43-31-11-15-41(67-23-20-53)34(26-31)33-24-29(8-14-40(33)66-22-19-52)25-39(45(62)55-21-18-51)59-44(61)28(2)56-47(43)64/h8-15,24,26-28,37,39,43H,7,16-17,19-23,25,50,52-53H2,1-6H3,(H2,54,57)(H,55,62)(H,56,64)(H,58,63)(H,59,61)/t28-,37?,39-,43-/m0/s1. The van der Waals surface area contributed by atoms with Crippen molar-refractivity contribution < 1.29 is 33.4 Å². The molecule has 1 unspecified atom stereocenters. The minimum Gasteiger partial charge on any atom is -0.492 e. The highest BCUT2D eigenvalue weighted by atomic mass is 16.5. The average Bonchev–Trinajstić information content (AvgIpc) is 3.30. The quantitative estimate of drug-likeness (QED) is 0.0750. The number of anilines is 1. The van der Waals surface area contributed by atoms with Crippen molar-refractivity contribution in [3.63, 3.8) is 0 Å². The molecule has 4 atom stereocenters. The summed E-state index contributed by atoms with van der Waals surface area (Å²) >= 11 is 0. The van der Waals surface area contributed by atoms with Gasteiger partial charge in [-0.2, -0.15) is 5.26 Å². The summed E-state index contributed by atoms with van der Waals surface area (Å²) in [6, 6.07) is 16.6. The van der Waals surface area contributed by atoms with E-state index in [2.05, 4.69) is 42.0 Å². The normalized spacial score (nSPS) is 16.6. The number of pyridine rings is 1. The number of nitriles is 1. The molecule has 12 N–H and O–H groups in total. The molecular formula is C49H63N11O7. The van der Waals surface area contributed by atoms with Gasteiger partial charge in [-0.1, -0.05) is 64.1 Å². The number of ether oxygens (including phenoxy) is 2. The molecular weight excluding hydrogens is 855 g/mol. The first kappa shape index (κ1) is 50.9. The van der Waals surface area contributed by atoms with Crippen LogP contribution in [0.2, 0.25) is 0 Å². The molecule has 18 heteroatoms. The number of nitrogen functional groups attached to an aromatic ring is 1. The third-order valence-corrected chi connectivity index (χ3v) is 11.3. The molecule has 0 saturated heterocycles. The molecule has 0 fully saturated rings. The average molecular weight is 918 g/mol. The molecule has 18 nitrogen and oxygen atoms in total. The van der Waals surface area contributed by atoms with Gasteiger partial charge in [0.1, 0.15) is 55.4 Å². The number of nitrogens with two attached hydrogens (primary N) is 4. The molecule has 4 bridgehead atoms. The molecule has 1 aliphatic heterocycles. The lowest BCUT2D eigenvalue weighted by atomic mass is 9.86. The molecule has 67 heavy (non-hydrogen) atoms. The number of benzene rings is 3. The summed E-state index contributed by atoms with van der Waals surface area (Å²) in [6.07, 6.45) is 0.332. The summed E-state index contributed by atoms with van der Waals surface area (Å²) < 4.78 is 12.2. The van der Waals surface area contributed by atoms with Crippen LogP contribution >= 0.6 is 0 Å². The van der Waals surface area contributed by atoms with Crippen LogP contribution in [0.1, 0.15) is 79.8 Å². The number of carbonyl (C=O) groups is 5. The Kier molecular flexibility index (Phi) is 17.4. The van der Waals surface area contributed by atoms with Gasteiger partial charge in [0, 0.05) is 48.9 Å². The number of likely N-dealkylation sites (N-methyl/N-ethyl adjacent to an activating group) is 1. The van der Waals surface area contributed by atoms with E-state index in [0.717, 1.165) is 11.1 Å². The first-order valence-corrected chi connectivity index (χ1v) is 22.3. The van der Waals surface area contributed by atoms with Crippen LogP contribution in [0.3, 0.4) is 0 Å². The van der Waals surface area contributed by atoms with E-state index < -0.39 is 53.7 Å². The number of aromatic nitrogens is 1. The molecule has 0 aliphatic carbocycles. The van der Waals surface area contributed by atoms with Gasteiger partial charge in [-0.25, -0.2) is 0 Å². The maximum absolute atomic E-state index is 14.8. The summed E-state index contributed by atoms with van der Waals surface area (Å²) in [7, 11) is 1.41. The minimum absolute atomic E-state index is 0.00229. The second kappa shape index (κ2) is 22.9. The van der Waals surface area contributed by atoms with Crippen LogP contribution in [0.5, 0.6) is 11.5 Å². The molecule has 0 saturated carbocycles. The van der Waals surface area contributed by atoms with Crippen LogP contribution in [0.4, 0.5) is 5.69 Å². The van der Waals surface area contributed by atoms with Gasteiger partial charge in [0.25, 0.3) is 5.91 Å². The zero-order valence-corrected chi connectivity index (χ0v) is 39.0. The van der Waals surface area contributed by atoms with Gasteiger partial charge >= 0.3 is 0 Å². The summed E-state index contributed by atoms with van der Waals surface area (Å²) in [6.45, 7) is 10.00. The number of nitrogens with zero attached hydrogens (tertiary/aromatic N) is 3. The molecule has 5 rings (SSSR count). The third kappa shape index (κ3) is 12.4. The van der Waals surface area contributed by atoms with Gasteiger partial charge in [-0.15, -0.1) is 0 Å². The Morgan fingerprint density at radius 3 is 2.15 bits per heavy atom. The van der Waals surface area contributed by atoms with Crippen LogP contribution < -0.4 is 53.7 Å². The highest BCUT2D eigenvalue weighted by Gasteiger charge is 2.36. The predicted octanol–water partition coefficient (Wildman–Crippen LogP) is 2.36. The van der Waals surface area contributed by atoms with E-state index in [9.17, 15) is 29.2 Å². The smallest absolute Gasteiger partial charge is 0.255 e. The van der Waals surface area contributed by atoms with Gasteiger partial charge < -0.3 is 58.6 Å². The van der Waals surface area contributed by atoms with E-state index in [1.54, 1.807) is 42.5 Å². The maximum Gasteiger partial charge on any atom is 0.255 e. The third-order valence-electron chi connectivity index (χ3n) is 11.3. The Labute approximate surface area is 391 Å². The lowest BCUT2D eigenvalue weighted by Gasteiger charge is -2.32. The first-order valence-electron chi connectivity index (χ1n) is 22.3. The largest absolute Gasteiger partial charge is 0.492 e. The lowest BCUT2D eigenvalue weighted by molar-refractivity contribution is -0.141. The first-order chi connectivity index (χ1) is 31.9. The van der Waals surface area contributed by atoms with Crippen molar-refractivity contribution in [1.82, 2.24) is 31.2 Å². The van der Waals surface area contributed by atoms with Crippen LogP contribution in [0.25, 0.3) is 22.4 Å². The Balaban J connectivity index is 1.58. The fourth-order valence-electron chi connectivity index (χ4n) is 7.79. The summed E-state index contributed by atoms with van der Waals surface area (Å²) in [4.78, 5) is 76.7. The van der Waals surface area contributed by atoms with Crippen molar-refractivity contribution in [2.75, 3.05) is 52.2 Å². The van der Waals surface area contributed by atoms with Crippen LogP contribution in [-0.4, -0.2) is 104 Å². The molecule has 1 aromatic heterocycles. The Hall–Kier alpha value is -7.07. The van der Waals surface area contributed by atoms with E-state index in [1.165, 1.54) is 18.9 Å². The molecule has 0 spiro atoms. The second-order valence-electron chi connectivity index (χ2n) is 17.3. The van der Waals surface area contributed by atoms with Crippen molar-refractivity contribution in [3.8, 4) is 40.0 Å². The van der Waals surface area contributed by atoms with Gasteiger partial charge in [0.05, 0.1) is 23.0 Å². The zero-order chi connectivity index (χ0) is 49.0. The highest BCUT2D eigenvalue weighted by Crippen LogP contribution is 2.40. The Morgan fingerprint density at radius 2 is 1.55 bits per heavy atom. The fraction of sp³-hybridized carbons (Fsp3) is 0.408. The number of aryl methyl sites for hydroxylation is 1. The SMILES string of the molecule is CCc1nc(-c2ccc(C(C)(C)C)cc2)cc(N)c1C(=O)NC(CCN)C(=O)N(C)[C@@H]1C(=O)N[C@@H](C)C(=O)N[C@H](C(=O)NCC#N)Cc2ccc(OCCN)c(c2)-c2cc1ccc2OCCN. The number of hydrogen-bond donors (Lipinski definition) is 8. The van der Waals surface area contributed by atoms with E-state index in [1.807, 2.05) is 37.3 Å². The van der Waals surface area contributed by atoms with E-state index in [0.29, 0.717) is 51.6 Å². The molecule has 0 radical (unpaired) electrons. The van der Waals surface area contributed by atoms with Crippen molar-refractivity contribution in [2.45, 2.75) is 83.5 Å². The number of rotatable bonds is 16. The number of hydrogen-bond acceptors (Lipinski definition) is 13. The van der Waals surface area contributed by atoms with Crippen molar-refractivity contribution in [2.24, 2.45) is 17.2 Å². The Morgan fingerprint density at radius 1 is 0.910 bits per heavy atom. The molecule has 1 aliphatic rings. The second-order valence-corrected chi connectivity index (χ2v) is 17.3. The van der Waals surface area contributed by atoms with Crippen LogP contribution in [-0.2, 0) is 37.4 Å². The fourth-order valence-corrected chi connectivity index (χ4v) is 7.79. The molecule has 356 valence electrons. The number of fused-ring (bicyclic) bond motifs is 5. The van der Waals surface area contributed by atoms with E-state index >= 15 is 0 Å². The number of carbonyl (C=O) groups excluding carboxylic acids is 5. The zero-order valence-electron chi connectivity index (χ0n) is 39.0. The van der Waals surface area contributed by atoms with Gasteiger partial charge in [0.15, 0.2) is 0 Å². The number of nitrogens with one attached hydrogen (secondary N) is 4. The Bertz CT molecular complexity index is 2480. The summed E-state index contributed by atoms with van der Waals surface area (Å²) in [5.74, 6) is -2.66. The molecule has 5 amide bonds. The monoisotopic (exact) mass is 917 g/mol. The van der Waals surface area contributed by atoms with Gasteiger partial charge in [-0.3, -0.25) is 29.0 Å². The molecule has 4 aromatic rings. The van der Waals surface area contributed by atoms with E-state index in [-0.39, 0.29) is 68.9 Å². The molecule has 3 aromatic carbocycles.